The van der Waals surface area contributed by atoms with Gasteiger partial charge in [0.1, 0.15) is 4.32 Å². The molecule has 3 nitrogen and oxygen atoms in total. The van der Waals surface area contributed by atoms with E-state index < -0.39 is 10.1 Å². The van der Waals surface area contributed by atoms with Crippen LogP contribution < -0.4 is 0 Å². The second kappa shape index (κ2) is 3.13. The maximum Gasteiger partial charge on any atom is 0.195 e. The van der Waals surface area contributed by atoms with E-state index in [1.54, 1.807) is 0 Å². The number of alkyl halides is 1. The quantitative estimate of drug-likeness (QED) is 0.490. The minimum absolute atomic E-state index is 0.0215. The smallest absolute Gasteiger partial charge is 0.195 e. The first kappa shape index (κ1) is 10.9. The summed E-state index contributed by atoms with van der Waals surface area (Å²) in [6.45, 7) is 1.20. The van der Waals surface area contributed by atoms with E-state index in [1.807, 2.05) is 6.08 Å². The average molecular weight is 362 g/mol. The van der Waals surface area contributed by atoms with Gasteiger partial charge in [0.15, 0.2) is 11.6 Å². The summed E-state index contributed by atoms with van der Waals surface area (Å²) in [7, 11) is 0. The molecule has 4 atom stereocenters. The number of rotatable bonds is 0. The van der Waals surface area contributed by atoms with Gasteiger partial charge >= 0.3 is 0 Å². The molecule has 1 saturated heterocycles. The van der Waals surface area contributed by atoms with Crippen molar-refractivity contribution in [2.24, 2.45) is 17.8 Å². The second-order valence-electron chi connectivity index (χ2n) is 4.95. The highest BCUT2D eigenvalue weighted by Crippen LogP contribution is 2.67. The molecule has 3 aliphatic carbocycles. The number of carbonyl (C=O) groups is 1. The number of ketones is 1. The Bertz CT molecular complexity index is 478. The Morgan fingerprint density at radius 3 is 2.65 bits per heavy atom. The molecule has 5 heteroatoms. The lowest BCUT2D eigenvalue weighted by Crippen LogP contribution is -2.48. The Kier molecular flexibility index (Phi) is 2.01. The molecule has 0 aromatic rings. The van der Waals surface area contributed by atoms with E-state index in [9.17, 15) is 4.79 Å². The monoisotopic (exact) mass is 360 g/mol. The number of carbonyl (C=O) groups excluding carboxylic acids is 1. The number of allylic oxidation sites excluding steroid dienone is 2. The van der Waals surface area contributed by atoms with Crippen LogP contribution in [0.3, 0.4) is 0 Å². The summed E-state index contributed by atoms with van der Waals surface area (Å²) in [5.74, 6) is -0.399. The van der Waals surface area contributed by atoms with Crippen LogP contribution in [0.4, 0.5) is 0 Å². The molecule has 2 fully saturated rings. The van der Waals surface area contributed by atoms with Crippen LogP contribution in [-0.2, 0) is 14.3 Å². The summed E-state index contributed by atoms with van der Waals surface area (Å²) in [6, 6.07) is 0. The maximum absolute atomic E-state index is 12.2. The van der Waals surface area contributed by atoms with Gasteiger partial charge in [0.2, 0.25) is 0 Å². The molecule has 0 aromatic carbocycles. The molecular formula is C12H10Br2O3. The number of hydrogen-bond donors (Lipinski definition) is 0. The molecule has 4 aliphatic rings. The van der Waals surface area contributed by atoms with Crippen molar-refractivity contribution in [1.82, 2.24) is 0 Å². The average Bonchev–Trinajstić information content (AvgIpc) is 2.99. The highest BCUT2D eigenvalue weighted by Gasteiger charge is 2.75. The van der Waals surface area contributed by atoms with Crippen LogP contribution in [0.15, 0.2) is 22.7 Å². The van der Waals surface area contributed by atoms with Crippen molar-refractivity contribution in [3.63, 3.8) is 0 Å². The van der Waals surface area contributed by atoms with Crippen LogP contribution in [-0.4, -0.2) is 29.1 Å². The molecule has 4 rings (SSSR count). The first-order valence-corrected chi connectivity index (χ1v) is 7.26. The van der Waals surface area contributed by atoms with Crippen LogP contribution in [0.2, 0.25) is 0 Å². The van der Waals surface area contributed by atoms with Crippen molar-refractivity contribution in [2.45, 2.75) is 10.1 Å². The Hall–Kier alpha value is 0.0300. The van der Waals surface area contributed by atoms with E-state index in [0.29, 0.717) is 17.7 Å². The van der Waals surface area contributed by atoms with Crippen molar-refractivity contribution in [1.29, 1.82) is 0 Å². The van der Waals surface area contributed by atoms with Gasteiger partial charge in [-0.2, -0.15) is 0 Å². The third-order valence-corrected chi connectivity index (χ3v) is 6.36. The van der Waals surface area contributed by atoms with E-state index in [-0.39, 0.29) is 23.5 Å². The van der Waals surface area contributed by atoms with Gasteiger partial charge in [-0.25, -0.2) is 0 Å². The zero-order chi connectivity index (χ0) is 11.8. The fraction of sp³-hybridized carbons (Fsp3) is 0.583. The third kappa shape index (κ3) is 1.01. The number of ether oxygens (including phenoxy) is 2. The van der Waals surface area contributed by atoms with Crippen molar-refractivity contribution in [3.05, 3.63) is 22.7 Å². The molecule has 1 aliphatic heterocycles. The summed E-state index contributed by atoms with van der Waals surface area (Å²) in [5, 5.41) is 0. The lowest BCUT2D eigenvalue weighted by atomic mass is 9.85. The second-order valence-corrected chi connectivity index (χ2v) is 7.11. The van der Waals surface area contributed by atoms with Gasteiger partial charge in [-0.3, -0.25) is 4.79 Å². The first-order chi connectivity index (χ1) is 8.10. The van der Waals surface area contributed by atoms with Crippen LogP contribution in [0, 0.1) is 17.8 Å². The van der Waals surface area contributed by atoms with Crippen molar-refractivity contribution >= 4 is 37.6 Å². The molecule has 4 unspecified atom stereocenters. The zero-order valence-corrected chi connectivity index (χ0v) is 12.0. The van der Waals surface area contributed by atoms with Crippen LogP contribution in [0.5, 0.6) is 0 Å². The molecular weight excluding hydrogens is 352 g/mol. The molecule has 0 aromatic heterocycles. The van der Waals surface area contributed by atoms with Crippen LogP contribution in [0.25, 0.3) is 0 Å². The Morgan fingerprint density at radius 1 is 1.29 bits per heavy atom. The summed E-state index contributed by atoms with van der Waals surface area (Å²) >= 11 is 7.12. The molecule has 1 heterocycles. The topological polar surface area (TPSA) is 35.5 Å². The summed E-state index contributed by atoms with van der Waals surface area (Å²) < 4.78 is 12.1. The lowest BCUT2D eigenvalue weighted by molar-refractivity contribution is -0.177. The van der Waals surface area contributed by atoms with Crippen LogP contribution in [0.1, 0.15) is 0 Å². The van der Waals surface area contributed by atoms with Gasteiger partial charge < -0.3 is 9.47 Å². The third-order valence-electron chi connectivity index (χ3n) is 4.36. The largest absolute Gasteiger partial charge is 0.345 e. The highest BCUT2D eigenvalue weighted by atomic mass is 79.9. The van der Waals surface area contributed by atoms with Crippen molar-refractivity contribution < 1.29 is 14.3 Å². The van der Waals surface area contributed by atoms with E-state index in [1.165, 1.54) is 0 Å². The van der Waals surface area contributed by atoms with Crippen molar-refractivity contribution in [3.8, 4) is 0 Å². The molecule has 0 radical (unpaired) electrons. The Balaban J connectivity index is 1.89. The highest BCUT2D eigenvalue weighted by molar-refractivity contribution is 9.12. The molecule has 1 spiro atoms. The van der Waals surface area contributed by atoms with Gasteiger partial charge in [0, 0.05) is 17.8 Å². The number of hydrogen-bond acceptors (Lipinski definition) is 3. The molecule has 90 valence electrons. The minimum Gasteiger partial charge on any atom is -0.345 e. The molecule has 17 heavy (non-hydrogen) atoms. The van der Waals surface area contributed by atoms with Crippen molar-refractivity contribution in [2.75, 3.05) is 13.2 Å². The zero-order valence-electron chi connectivity index (χ0n) is 8.86. The normalized spacial score (nSPS) is 49.2. The molecule has 1 saturated carbocycles. The lowest BCUT2D eigenvalue weighted by Gasteiger charge is -2.35. The molecule has 0 N–H and O–H groups in total. The van der Waals surface area contributed by atoms with E-state index in [0.717, 1.165) is 0 Å². The van der Waals surface area contributed by atoms with E-state index >= 15 is 0 Å². The Labute approximate surface area is 115 Å². The SMILES string of the molecule is O=C1C(Br)=CC2C1C1C=CC2(Br)C12OCCO2. The van der Waals surface area contributed by atoms with Gasteiger partial charge in [0.25, 0.3) is 0 Å². The number of halogens is 2. The number of fused-ring (bicyclic) bond motifs is 3. The summed E-state index contributed by atoms with van der Waals surface area (Å²) in [5.41, 5.74) is 0. The molecule has 2 bridgehead atoms. The first-order valence-electron chi connectivity index (χ1n) is 5.68. The van der Waals surface area contributed by atoms with Gasteiger partial charge in [-0.15, -0.1) is 0 Å². The predicted molar refractivity (Wildman–Crippen MR) is 67.9 cm³/mol. The fourth-order valence-corrected chi connectivity index (χ4v) is 5.33. The fourth-order valence-electron chi connectivity index (χ4n) is 3.72. The standard InChI is InChI=1S/C12H10Br2O3/c13-8-5-7-9(10(8)15)6-1-2-11(7,14)12(6)16-3-4-17-12/h1-2,5-7,9H,3-4H2. The summed E-state index contributed by atoms with van der Waals surface area (Å²) in [4.78, 5) is 12.2. The van der Waals surface area contributed by atoms with Gasteiger partial charge in [-0.05, 0) is 15.9 Å². The minimum atomic E-state index is -0.664. The Morgan fingerprint density at radius 2 is 2.00 bits per heavy atom. The van der Waals surface area contributed by atoms with Gasteiger partial charge in [0.05, 0.1) is 17.7 Å². The number of Topliss-reactive ketones (excluding diaryl/α,β-unsaturated/α-hetero) is 1. The predicted octanol–water partition coefficient (Wildman–Crippen LogP) is 2.16. The summed E-state index contributed by atoms with van der Waals surface area (Å²) in [6.07, 6.45) is 6.16. The van der Waals surface area contributed by atoms with E-state index in [4.69, 9.17) is 9.47 Å². The van der Waals surface area contributed by atoms with Gasteiger partial charge in [-0.1, -0.05) is 34.2 Å². The van der Waals surface area contributed by atoms with Crippen LogP contribution >= 0.6 is 31.9 Å². The molecule has 0 amide bonds. The maximum atomic E-state index is 12.2. The van der Waals surface area contributed by atoms with E-state index in [2.05, 4.69) is 44.0 Å².